The van der Waals surface area contributed by atoms with Gasteiger partial charge in [0.15, 0.2) is 0 Å². The Bertz CT molecular complexity index is 972. The van der Waals surface area contributed by atoms with Crippen molar-refractivity contribution in [2.24, 2.45) is 0 Å². The van der Waals surface area contributed by atoms with Crippen LogP contribution < -0.4 is 33.5 Å². The zero-order chi connectivity index (χ0) is 22.4. The summed E-state index contributed by atoms with van der Waals surface area (Å²) in [6.07, 6.45) is 0. The molecule has 12 nitrogen and oxygen atoms in total. The monoisotopic (exact) mass is 429 g/mol. The minimum atomic E-state index is -1.57. The van der Waals surface area contributed by atoms with Gasteiger partial charge in [0.25, 0.3) is 0 Å². The number of carbonyl (C=O) groups is 1. The van der Waals surface area contributed by atoms with Crippen LogP contribution in [0.4, 0.5) is 0 Å². The van der Waals surface area contributed by atoms with Crippen molar-refractivity contribution in [1.29, 1.82) is 0 Å². The standard InChI is InChI=1S/C19H18N4O8/c1-26-12-8-13(27-2)21-18(20-12)30-10-6-5-7-11(16(10)17(24)25)31-19-22-14(28-3)9-15(23-19)29-4/h5-9H,1-4H3,(H,24,25)/p-1. The lowest BCUT2D eigenvalue weighted by molar-refractivity contribution is -0.255. The predicted octanol–water partition coefficient (Wildman–Crippen LogP) is 1.25. The zero-order valence-corrected chi connectivity index (χ0v) is 16.9. The lowest BCUT2D eigenvalue weighted by Crippen LogP contribution is -2.23. The highest BCUT2D eigenvalue weighted by Crippen LogP contribution is 2.34. The van der Waals surface area contributed by atoms with Gasteiger partial charge < -0.3 is 38.3 Å². The van der Waals surface area contributed by atoms with Crippen molar-refractivity contribution >= 4 is 5.97 Å². The van der Waals surface area contributed by atoms with Crippen LogP contribution in [0.2, 0.25) is 0 Å². The Labute approximate surface area is 176 Å². The highest BCUT2D eigenvalue weighted by molar-refractivity contribution is 5.92. The number of rotatable bonds is 9. The summed E-state index contributed by atoms with van der Waals surface area (Å²) in [5, 5.41) is 11.9. The van der Waals surface area contributed by atoms with Gasteiger partial charge in [0.05, 0.1) is 52.1 Å². The molecular weight excluding hydrogens is 412 g/mol. The van der Waals surface area contributed by atoms with E-state index in [0.717, 1.165) is 0 Å². The van der Waals surface area contributed by atoms with Gasteiger partial charge >= 0.3 is 12.0 Å². The SMILES string of the molecule is COc1cc(OC)nc(Oc2cccc(Oc3nc(OC)cc(OC)n3)c2C(=O)[O-])n1. The molecule has 0 bridgehead atoms. The van der Waals surface area contributed by atoms with Gasteiger partial charge in [-0.1, -0.05) is 6.07 Å². The summed E-state index contributed by atoms with van der Waals surface area (Å²) >= 11 is 0. The molecule has 3 rings (SSSR count). The smallest absolute Gasteiger partial charge is 0.328 e. The van der Waals surface area contributed by atoms with Crippen LogP contribution in [0.3, 0.4) is 0 Å². The number of aromatic nitrogens is 4. The summed E-state index contributed by atoms with van der Waals surface area (Å²) in [6, 6.07) is 6.68. The zero-order valence-electron chi connectivity index (χ0n) is 16.9. The van der Waals surface area contributed by atoms with E-state index in [0.29, 0.717) is 0 Å². The van der Waals surface area contributed by atoms with E-state index in [-0.39, 0.29) is 47.0 Å². The molecule has 2 aromatic heterocycles. The maximum absolute atomic E-state index is 11.9. The fourth-order valence-electron chi connectivity index (χ4n) is 2.36. The van der Waals surface area contributed by atoms with Crippen LogP contribution >= 0.6 is 0 Å². The quantitative estimate of drug-likeness (QED) is 0.482. The fraction of sp³-hybridized carbons (Fsp3) is 0.211. The summed E-state index contributed by atoms with van der Waals surface area (Å²) in [5.74, 6) is -1.26. The van der Waals surface area contributed by atoms with Crippen LogP contribution in [0.5, 0.6) is 47.0 Å². The fourth-order valence-corrected chi connectivity index (χ4v) is 2.36. The third-order valence-electron chi connectivity index (χ3n) is 3.75. The van der Waals surface area contributed by atoms with Crippen LogP contribution in [-0.4, -0.2) is 54.3 Å². The molecule has 0 saturated carbocycles. The number of carbonyl (C=O) groups excluding carboxylic acids is 1. The van der Waals surface area contributed by atoms with Gasteiger partial charge in [-0.05, 0) is 12.1 Å². The molecule has 0 saturated heterocycles. The van der Waals surface area contributed by atoms with Crippen LogP contribution in [0.1, 0.15) is 10.4 Å². The second-order valence-corrected chi connectivity index (χ2v) is 5.59. The van der Waals surface area contributed by atoms with Gasteiger partial charge in [0.2, 0.25) is 23.5 Å². The Morgan fingerprint density at radius 3 is 1.35 bits per heavy atom. The highest BCUT2D eigenvalue weighted by atomic mass is 16.5. The van der Waals surface area contributed by atoms with E-state index in [4.69, 9.17) is 28.4 Å². The number of carboxylic acids is 1. The number of carboxylic acid groups (broad SMARTS) is 1. The van der Waals surface area contributed by atoms with Crippen molar-refractivity contribution in [2.45, 2.75) is 0 Å². The minimum absolute atomic E-state index is 0.150. The van der Waals surface area contributed by atoms with Crippen molar-refractivity contribution in [3.8, 4) is 47.0 Å². The van der Waals surface area contributed by atoms with Crippen LogP contribution in [0, 0.1) is 0 Å². The van der Waals surface area contributed by atoms with Gasteiger partial charge in [-0.15, -0.1) is 0 Å². The lowest BCUT2D eigenvalue weighted by Gasteiger charge is -2.15. The second kappa shape index (κ2) is 9.43. The molecule has 0 aliphatic heterocycles. The first-order chi connectivity index (χ1) is 15.0. The third-order valence-corrected chi connectivity index (χ3v) is 3.75. The Morgan fingerprint density at radius 2 is 1.06 bits per heavy atom. The molecule has 0 unspecified atom stereocenters. The minimum Gasteiger partial charge on any atom is -0.545 e. The molecule has 2 heterocycles. The Morgan fingerprint density at radius 1 is 0.710 bits per heavy atom. The summed E-state index contributed by atoms with van der Waals surface area (Å²) < 4.78 is 31.3. The van der Waals surface area contributed by atoms with Gasteiger partial charge in [-0.25, -0.2) is 0 Å². The first-order valence-corrected chi connectivity index (χ1v) is 8.61. The topological polar surface area (TPSA) is 147 Å². The third kappa shape index (κ3) is 4.98. The van der Waals surface area contributed by atoms with Gasteiger partial charge in [0.1, 0.15) is 11.5 Å². The molecule has 0 aliphatic rings. The Kier molecular flexibility index (Phi) is 6.50. The van der Waals surface area contributed by atoms with Crippen LogP contribution in [0.25, 0.3) is 0 Å². The molecule has 0 atom stereocenters. The molecular formula is C19H17N4O8-. The molecule has 0 radical (unpaired) electrons. The molecule has 0 N–H and O–H groups in total. The number of nitrogens with zero attached hydrogens (tertiary/aromatic N) is 4. The molecule has 31 heavy (non-hydrogen) atoms. The van der Waals surface area contributed by atoms with E-state index in [2.05, 4.69) is 19.9 Å². The summed E-state index contributed by atoms with van der Waals surface area (Å²) in [7, 11) is 5.59. The van der Waals surface area contributed by atoms with Crippen molar-refractivity contribution in [2.75, 3.05) is 28.4 Å². The van der Waals surface area contributed by atoms with Crippen molar-refractivity contribution in [1.82, 2.24) is 19.9 Å². The molecule has 0 aliphatic carbocycles. The number of hydrogen-bond acceptors (Lipinski definition) is 12. The number of benzene rings is 1. The Balaban J connectivity index is 2.00. The molecule has 12 heteroatoms. The number of methoxy groups -OCH3 is 4. The van der Waals surface area contributed by atoms with Gasteiger partial charge in [0, 0.05) is 0 Å². The first-order valence-electron chi connectivity index (χ1n) is 8.61. The molecule has 0 spiro atoms. The maximum atomic E-state index is 11.9. The number of hydrogen-bond donors (Lipinski definition) is 0. The van der Waals surface area contributed by atoms with Gasteiger partial charge in [-0.2, -0.15) is 19.9 Å². The second-order valence-electron chi connectivity index (χ2n) is 5.59. The lowest BCUT2D eigenvalue weighted by atomic mass is 10.2. The van der Waals surface area contributed by atoms with Crippen LogP contribution in [-0.2, 0) is 0 Å². The highest BCUT2D eigenvalue weighted by Gasteiger charge is 2.18. The number of ether oxygens (including phenoxy) is 6. The van der Waals surface area contributed by atoms with Gasteiger partial charge in [-0.3, -0.25) is 0 Å². The van der Waals surface area contributed by atoms with E-state index in [1.54, 1.807) is 0 Å². The summed E-state index contributed by atoms with van der Waals surface area (Å²) in [5.41, 5.74) is -0.418. The summed E-state index contributed by atoms with van der Waals surface area (Å²) in [4.78, 5) is 27.9. The normalized spacial score (nSPS) is 10.2. The van der Waals surface area contributed by atoms with E-state index < -0.39 is 11.5 Å². The van der Waals surface area contributed by atoms with E-state index in [1.807, 2.05) is 0 Å². The van der Waals surface area contributed by atoms with Crippen LogP contribution in [0.15, 0.2) is 30.3 Å². The molecule has 162 valence electrons. The molecule has 3 aromatic rings. The molecule has 0 fully saturated rings. The molecule has 1 aromatic carbocycles. The molecule has 0 amide bonds. The first kappa shape index (κ1) is 21.4. The van der Waals surface area contributed by atoms with E-state index >= 15 is 0 Å². The number of aromatic carboxylic acids is 1. The average molecular weight is 429 g/mol. The largest absolute Gasteiger partial charge is 0.545 e. The Hall–Kier alpha value is -4.35. The van der Waals surface area contributed by atoms with Crippen molar-refractivity contribution < 1.29 is 38.3 Å². The maximum Gasteiger partial charge on any atom is 0.328 e. The van der Waals surface area contributed by atoms with Crippen molar-refractivity contribution in [3.63, 3.8) is 0 Å². The average Bonchev–Trinajstić information content (AvgIpc) is 2.78. The summed E-state index contributed by atoms with van der Waals surface area (Å²) in [6.45, 7) is 0. The van der Waals surface area contributed by atoms with E-state index in [9.17, 15) is 9.90 Å². The van der Waals surface area contributed by atoms with Crippen molar-refractivity contribution in [3.05, 3.63) is 35.9 Å². The van der Waals surface area contributed by atoms with E-state index in [1.165, 1.54) is 58.8 Å². The predicted molar refractivity (Wildman–Crippen MR) is 101 cm³/mol.